The Kier molecular flexibility index (Phi) is 20.2. The Morgan fingerprint density at radius 2 is 1.08 bits per heavy atom. The van der Waals surface area contributed by atoms with Gasteiger partial charge in [-0.3, -0.25) is 10.9 Å². The number of thioether (sulfide) groups is 1. The number of hydrogen-bond acceptors (Lipinski definition) is 10. The molecule has 2 heterocycles. The fraction of sp³-hybridized carbons (Fsp3) is 0.349. The number of hydrogen-bond donors (Lipinski definition) is 3. The number of piperazine rings is 2. The van der Waals surface area contributed by atoms with Gasteiger partial charge in [0.05, 0.1) is 11.4 Å². The molecule has 0 atom stereocenters. The number of nitrogens with zero attached hydrogens (tertiary/aromatic N) is 5. The first kappa shape index (κ1) is 48.0. The molecule has 10 nitrogen and oxygen atoms in total. The van der Waals surface area contributed by atoms with Crippen LogP contribution in [0.3, 0.4) is 0 Å². The van der Waals surface area contributed by atoms with Crippen molar-refractivity contribution in [3.05, 3.63) is 130 Å². The Labute approximate surface area is 365 Å². The smallest absolute Gasteiger partial charge is 0.189 e. The van der Waals surface area contributed by atoms with Gasteiger partial charge in [-0.25, -0.2) is 17.6 Å². The number of benzene rings is 4. The van der Waals surface area contributed by atoms with Crippen molar-refractivity contribution in [3.63, 3.8) is 0 Å². The third-order valence-corrected chi connectivity index (χ3v) is 10.7. The van der Waals surface area contributed by atoms with Gasteiger partial charge in [-0.15, -0.1) is 0 Å². The molecule has 0 saturated carbocycles. The van der Waals surface area contributed by atoms with Gasteiger partial charge in [-0.2, -0.15) is 10.2 Å². The van der Waals surface area contributed by atoms with Crippen molar-refractivity contribution < 1.29 is 27.0 Å². The molecule has 0 radical (unpaired) electrons. The molecule has 17 heteroatoms. The van der Waals surface area contributed by atoms with Gasteiger partial charge < -0.3 is 29.5 Å². The van der Waals surface area contributed by atoms with Gasteiger partial charge in [0, 0.05) is 75.6 Å². The number of thiocarbonyl (C=S) groups is 2. The Hall–Kier alpha value is -4.65. The minimum Gasteiger partial charge on any atom is -0.489 e. The highest BCUT2D eigenvalue weighted by Gasteiger charge is 2.16. The fourth-order valence-electron chi connectivity index (χ4n) is 5.48. The summed E-state index contributed by atoms with van der Waals surface area (Å²) >= 11 is 11.8. The first-order valence-corrected chi connectivity index (χ1v) is 21.2. The maximum atomic E-state index is 13.7. The molecule has 0 amide bonds. The van der Waals surface area contributed by atoms with E-state index in [-0.39, 0.29) is 13.2 Å². The SMILES string of the molecule is C/C(=N\NC(=S)N1CCN(C)CC1)c1ccc(OCc2ccc(F)cc2F)cc1.CN1CCNCC1.CSC(=S)N/N=C(\C)c1ccc(OCc2ccc(F)cc2F)cc1. The first-order chi connectivity index (χ1) is 28.8. The van der Waals surface area contributed by atoms with Gasteiger partial charge >= 0.3 is 0 Å². The second-order valence-electron chi connectivity index (χ2n) is 13.9. The van der Waals surface area contributed by atoms with Gasteiger partial charge in [0.2, 0.25) is 0 Å². The summed E-state index contributed by atoms with van der Waals surface area (Å²) in [6.45, 7) is 12.3. The van der Waals surface area contributed by atoms with E-state index in [1.807, 2.05) is 44.4 Å². The number of likely N-dealkylation sites (N-methyl/N-ethyl adjacent to an activating group) is 2. The number of hydrazone groups is 2. The van der Waals surface area contributed by atoms with Crippen molar-refractivity contribution >= 4 is 57.1 Å². The zero-order chi connectivity index (χ0) is 43.4. The third-order valence-electron chi connectivity index (χ3n) is 9.31. The summed E-state index contributed by atoms with van der Waals surface area (Å²) in [4.78, 5) is 6.70. The van der Waals surface area contributed by atoms with Crippen molar-refractivity contribution in [1.29, 1.82) is 0 Å². The van der Waals surface area contributed by atoms with Crippen LogP contribution < -0.4 is 25.6 Å². The minimum absolute atomic E-state index is 0.0272. The molecule has 0 unspecified atom stereocenters. The molecule has 4 aromatic carbocycles. The van der Waals surface area contributed by atoms with E-state index in [0.717, 1.165) is 74.0 Å². The Balaban J connectivity index is 0.000000230. The molecule has 4 aromatic rings. The standard InChI is InChI=1S/C21H24F2N4OS.C17H16F2N2OS2.C5H12N2/c1-15(24-25-21(29)27-11-9-26(2)10-12-27)16-4-7-19(8-5-16)28-14-17-3-6-18(22)13-20(17)23;1-11(20-21-17(23)24-2)12-4-7-15(8-5-12)22-10-13-3-6-14(18)9-16(13)19;1-7-4-2-6-3-5-7/h3-8,13H,9-12,14H2,1-2H3,(H,25,29);3-9H,10H2,1-2H3,(H,21,23);6H,2-5H2,1H3/b24-15+;20-11+;. The lowest BCUT2D eigenvalue weighted by atomic mass is 10.1. The van der Waals surface area contributed by atoms with Crippen LogP contribution in [0.4, 0.5) is 17.6 Å². The van der Waals surface area contributed by atoms with Crippen molar-refractivity contribution in [1.82, 2.24) is 30.9 Å². The summed E-state index contributed by atoms with van der Waals surface area (Å²) in [5.74, 6) is -1.28. The van der Waals surface area contributed by atoms with Crippen LogP contribution in [0.25, 0.3) is 0 Å². The van der Waals surface area contributed by atoms with E-state index in [1.165, 1.54) is 49.1 Å². The third kappa shape index (κ3) is 16.8. The van der Waals surface area contributed by atoms with Crippen LogP contribution in [0.1, 0.15) is 36.1 Å². The lowest BCUT2D eigenvalue weighted by Gasteiger charge is -2.33. The monoisotopic (exact) mass is 884 g/mol. The van der Waals surface area contributed by atoms with E-state index in [0.29, 0.717) is 32.1 Å². The van der Waals surface area contributed by atoms with Crippen molar-refractivity contribution in [2.45, 2.75) is 27.1 Å². The lowest BCUT2D eigenvalue weighted by molar-refractivity contribution is 0.214. The molecule has 3 N–H and O–H groups in total. The van der Waals surface area contributed by atoms with Crippen LogP contribution in [0, 0.1) is 23.3 Å². The zero-order valence-corrected chi connectivity index (χ0v) is 36.9. The van der Waals surface area contributed by atoms with Gasteiger partial charge in [-0.1, -0.05) is 24.0 Å². The lowest BCUT2D eigenvalue weighted by Crippen LogP contribution is -2.49. The molecule has 0 spiro atoms. The van der Waals surface area contributed by atoms with Gasteiger partial charge in [0.25, 0.3) is 0 Å². The molecule has 322 valence electrons. The largest absolute Gasteiger partial charge is 0.489 e. The van der Waals surface area contributed by atoms with E-state index >= 15 is 0 Å². The Bertz CT molecular complexity index is 2050. The summed E-state index contributed by atoms with van der Waals surface area (Å²) in [7, 11) is 4.25. The zero-order valence-electron chi connectivity index (χ0n) is 34.4. The van der Waals surface area contributed by atoms with Crippen LogP contribution >= 0.6 is 36.2 Å². The molecule has 0 aromatic heterocycles. The number of halogens is 4. The number of nitrogens with one attached hydrogen (secondary N) is 3. The molecule has 0 bridgehead atoms. The van der Waals surface area contributed by atoms with E-state index in [9.17, 15) is 17.6 Å². The quantitative estimate of drug-likeness (QED) is 0.0645. The summed E-state index contributed by atoms with van der Waals surface area (Å²) in [6, 6.07) is 21.4. The van der Waals surface area contributed by atoms with E-state index < -0.39 is 23.3 Å². The summed E-state index contributed by atoms with van der Waals surface area (Å²) in [5.41, 5.74) is 9.74. The number of ether oxygens (including phenoxy) is 2. The van der Waals surface area contributed by atoms with Crippen molar-refractivity contribution in [2.75, 3.05) is 72.7 Å². The number of rotatable bonds is 10. The molecule has 2 aliphatic rings. The van der Waals surface area contributed by atoms with Crippen molar-refractivity contribution in [3.8, 4) is 11.5 Å². The molecule has 0 aliphatic carbocycles. The topological polar surface area (TPSA) is 89.0 Å². The van der Waals surface area contributed by atoms with E-state index in [4.69, 9.17) is 33.9 Å². The van der Waals surface area contributed by atoms with Crippen LogP contribution in [0.15, 0.2) is 95.1 Å². The molecule has 2 fully saturated rings. The summed E-state index contributed by atoms with van der Waals surface area (Å²) in [5, 5.41) is 12.5. The van der Waals surface area contributed by atoms with Gasteiger partial charge in [-0.05, 0) is 130 Å². The van der Waals surface area contributed by atoms with Crippen LogP contribution in [-0.2, 0) is 13.2 Å². The van der Waals surface area contributed by atoms with Crippen LogP contribution in [0.2, 0.25) is 0 Å². The maximum Gasteiger partial charge on any atom is 0.189 e. The fourth-order valence-corrected chi connectivity index (χ4v) is 5.89. The molecule has 2 saturated heterocycles. The van der Waals surface area contributed by atoms with Crippen LogP contribution in [-0.4, -0.2) is 108 Å². The molecular formula is C43H52F4N8O2S3. The maximum absolute atomic E-state index is 13.7. The van der Waals surface area contributed by atoms with Crippen molar-refractivity contribution in [2.24, 2.45) is 10.2 Å². The Morgan fingerprint density at radius 3 is 1.48 bits per heavy atom. The average molecular weight is 885 g/mol. The van der Waals surface area contributed by atoms with E-state index in [2.05, 4.69) is 55.2 Å². The molecule has 60 heavy (non-hydrogen) atoms. The highest BCUT2D eigenvalue weighted by molar-refractivity contribution is 8.22. The second-order valence-corrected chi connectivity index (χ2v) is 15.7. The second kappa shape index (κ2) is 25.2. The first-order valence-electron chi connectivity index (χ1n) is 19.2. The van der Waals surface area contributed by atoms with E-state index in [1.54, 1.807) is 24.3 Å². The van der Waals surface area contributed by atoms with Gasteiger partial charge in [0.1, 0.15) is 48.0 Å². The van der Waals surface area contributed by atoms with Gasteiger partial charge in [0.15, 0.2) is 9.43 Å². The predicted octanol–water partition coefficient (Wildman–Crippen LogP) is 7.42. The highest BCUT2D eigenvalue weighted by atomic mass is 32.2. The molecule has 2 aliphatic heterocycles. The normalized spacial score (nSPS) is 14.8. The minimum atomic E-state index is -0.620. The molecular weight excluding hydrogens is 833 g/mol. The summed E-state index contributed by atoms with van der Waals surface area (Å²) in [6.07, 6.45) is 1.87. The highest BCUT2D eigenvalue weighted by Crippen LogP contribution is 2.18. The predicted molar refractivity (Wildman–Crippen MR) is 243 cm³/mol. The Morgan fingerprint density at radius 1 is 0.650 bits per heavy atom. The summed E-state index contributed by atoms with van der Waals surface area (Å²) < 4.78 is 64.7. The van der Waals surface area contributed by atoms with Crippen LogP contribution in [0.5, 0.6) is 11.5 Å². The average Bonchev–Trinajstić information content (AvgIpc) is 3.25. The molecule has 6 rings (SSSR count).